The van der Waals surface area contributed by atoms with Crippen LogP contribution >= 0.6 is 0 Å². The summed E-state index contributed by atoms with van der Waals surface area (Å²) in [4.78, 5) is 1.65. The lowest BCUT2D eigenvalue weighted by Gasteiger charge is -2.07. The number of methoxy groups -OCH3 is 2. The van der Waals surface area contributed by atoms with Gasteiger partial charge >= 0.3 is 5.82 Å². The van der Waals surface area contributed by atoms with E-state index in [2.05, 4.69) is 15.4 Å². The molecule has 0 saturated heterocycles. The van der Waals surface area contributed by atoms with Crippen molar-refractivity contribution in [3.8, 4) is 17.2 Å². The third kappa shape index (κ3) is 3.78. The molecule has 0 aliphatic rings. The number of ether oxygens (including phenoxy) is 2. The molecule has 0 saturated carbocycles. The number of aromatic amines is 1. The van der Waals surface area contributed by atoms with Gasteiger partial charge in [-0.05, 0) is 44.9 Å². The lowest BCUT2D eigenvalue weighted by molar-refractivity contribution is -0.717. The molecule has 23 heavy (non-hydrogen) atoms. The van der Waals surface area contributed by atoms with Crippen molar-refractivity contribution in [2.45, 2.75) is 6.42 Å². The molecule has 120 valence electrons. The molecule has 0 radical (unpaired) electrons. The maximum absolute atomic E-state index is 5.31. The summed E-state index contributed by atoms with van der Waals surface area (Å²) in [5.74, 6) is 2.11. The Balaban J connectivity index is 0.00000192. The van der Waals surface area contributed by atoms with Crippen molar-refractivity contribution in [1.29, 1.82) is 0 Å². The van der Waals surface area contributed by atoms with Gasteiger partial charge in [-0.3, -0.25) is 0 Å². The average Bonchev–Trinajstić information content (AvgIpc) is 3.04. The maximum atomic E-state index is 5.31. The van der Waals surface area contributed by atoms with Crippen molar-refractivity contribution >= 4 is 0 Å². The maximum Gasteiger partial charge on any atom is 0.313 e. The van der Waals surface area contributed by atoms with Gasteiger partial charge in [0.2, 0.25) is 0 Å². The molecule has 0 atom stereocenters. The van der Waals surface area contributed by atoms with Crippen LogP contribution in [0.4, 0.5) is 0 Å². The van der Waals surface area contributed by atoms with Gasteiger partial charge in [0.25, 0.3) is 0 Å². The fraction of sp³-hybridized carbons (Fsp3) is 0.188. The molecule has 0 spiro atoms. The van der Waals surface area contributed by atoms with Gasteiger partial charge in [-0.2, -0.15) is 0 Å². The zero-order chi connectivity index (χ0) is 15.4. The molecule has 0 aliphatic heterocycles. The summed E-state index contributed by atoms with van der Waals surface area (Å²) in [5.41, 5.74) is 1.99. The third-order valence-electron chi connectivity index (χ3n) is 3.30. The number of para-hydroxylation sites is 1. The average molecular weight is 333 g/mol. The summed E-state index contributed by atoms with van der Waals surface area (Å²) in [6.07, 6.45) is 0.608. The first-order valence-corrected chi connectivity index (χ1v) is 6.90. The molecular weight excluding hydrogens is 316 g/mol. The normalized spacial score (nSPS) is 10.0. The zero-order valence-corrected chi connectivity index (χ0v) is 13.6. The first-order chi connectivity index (χ1) is 10.8. The van der Waals surface area contributed by atoms with E-state index in [1.807, 2.05) is 48.5 Å². The number of hydrogen-bond donors (Lipinski definition) is 1. The van der Waals surface area contributed by atoms with Crippen LogP contribution in [0.5, 0.6) is 11.5 Å². The number of tetrazole rings is 1. The molecule has 2 aromatic carbocycles. The van der Waals surface area contributed by atoms with Gasteiger partial charge in [0.1, 0.15) is 0 Å². The van der Waals surface area contributed by atoms with Gasteiger partial charge in [-0.25, -0.2) is 0 Å². The number of nitrogens with one attached hydrogen (secondary N) is 1. The number of aromatic nitrogens is 4. The standard InChI is InChI=1S/C16H16N4O2.ClH/c1-21-14-9-8-12(10-15(14)22-2)11-16-17-19-20(18-16)13-6-4-3-5-7-13;/h3-10H,11H2,1-2H3;1H. The highest BCUT2D eigenvalue weighted by molar-refractivity contribution is 5.43. The van der Waals surface area contributed by atoms with Crippen LogP contribution in [0.3, 0.4) is 0 Å². The first-order valence-electron chi connectivity index (χ1n) is 6.90. The summed E-state index contributed by atoms with van der Waals surface area (Å²) >= 11 is 0. The van der Waals surface area contributed by atoms with Crippen LogP contribution in [0.15, 0.2) is 48.5 Å². The van der Waals surface area contributed by atoms with Crippen LogP contribution in [0.2, 0.25) is 0 Å². The van der Waals surface area contributed by atoms with Gasteiger partial charge in [0, 0.05) is 0 Å². The zero-order valence-electron chi connectivity index (χ0n) is 12.9. The second kappa shape index (κ2) is 7.60. The van der Waals surface area contributed by atoms with Crippen molar-refractivity contribution < 1.29 is 26.7 Å². The molecule has 7 heteroatoms. The highest BCUT2D eigenvalue weighted by Gasteiger charge is 2.14. The lowest BCUT2D eigenvalue weighted by atomic mass is 10.1. The highest BCUT2D eigenvalue weighted by Crippen LogP contribution is 2.28. The minimum atomic E-state index is 0. The second-order valence-electron chi connectivity index (χ2n) is 4.74. The predicted octanol–water partition coefficient (Wildman–Crippen LogP) is -1.31. The van der Waals surface area contributed by atoms with Gasteiger partial charge in [0.05, 0.1) is 25.7 Å². The number of H-pyrrole nitrogens is 1. The van der Waals surface area contributed by atoms with Gasteiger partial charge in [-0.15, -0.1) is 0 Å². The molecule has 1 heterocycles. The molecule has 3 aromatic rings. The van der Waals surface area contributed by atoms with Gasteiger partial charge < -0.3 is 21.9 Å². The van der Waals surface area contributed by atoms with E-state index in [4.69, 9.17) is 9.47 Å². The van der Waals surface area contributed by atoms with E-state index in [1.165, 1.54) is 0 Å². The molecule has 0 amide bonds. The van der Waals surface area contributed by atoms with Crippen molar-refractivity contribution in [2.75, 3.05) is 14.2 Å². The molecule has 6 nitrogen and oxygen atoms in total. The quantitative estimate of drug-likeness (QED) is 0.590. The van der Waals surface area contributed by atoms with Crippen molar-refractivity contribution in [1.82, 2.24) is 15.4 Å². The van der Waals surface area contributed by atoms with Crippen LogP contribution < -0.4 is 26.7 Å². The smallest absolute Gasteiger partial charge is 0.313 e. The van der Waals surface area contributed by atoms with E-state index in [-0.39, 0.29) is 12.4 Å². The fourth-order valence-corrected chi connectivity index (χ4v) is 2.20. The van der Waals surface area contributed by atoms with Crippen LogP contribution in [0.25, 0.3) is 5.69 Å². The van der Waals surface area contributed by atoms with Crippen LogP contribution in [0, 0.1) is 0 Å². The SMILES string of the molecule is COc1ccc(Cc2n[nH][n+](-c3ccccc3)n2)cc1OC.[Cl-]. The fourth-order valence-electron chi connectivity index (χ4n) is 2.20. The molecule has 0 aliphatic carbocycles. The third-order valence-corrected chi connectivity index (χ3v) is 3.30. The Morgan fingerprint density at radius 3 is 2.43 bits per heavy atom. The molecule has 1 N–H and O–H groups in total. The predicted molar refractivity (Wildman–Crippen MR) is 80.3 cm³/mol. The molecule has 3 rings (SSSR count). The van der Waals surface area contributed by atoms with Crippen LogP contribution in [0.1, 0.15) is 11.4 Å². The molecular formula is C16H17ClN4O2. The van der Waals surface area contributed by atoms with Gasteiger partial charge in [0.15, 0.2) is 17.2 Å². The summed E-state index contributed by atoms with van der Waals surface area (Å²) in [7, 11) is 3.24. The van der Waals surface area contributed by atoms with E-state index in [0.717, 1.165) is 11.3 Å². The number of rotatable bonds is 5. The largest absolute Gasteiger partial charge is 1.00 e. The Bertz CT molecular complexity index is 762. The Labute approximate surface area is 140 Å². The Morgan fingerprint density at radius 2 is 1.74 bits per heavy atom. The molecule has 0 bridgehead atoms. The van der Waals surface area contributed by atoms with E-state index in [9.17, 15) is 0 Å². The molecule has 1 aromatic heterocycles. The van der Waals surface area contributed by atoms with E-state index in [0.29, 0.717) is 23.7 Å². The number of hydrogen-bond acceptors (Lipinski definition) is 4. The van der Waals surface area contributed by atoms with Crippen LogP contribution in [-0.2, 0) is 6.42 Å². The summed E-state index contributed by atoms with van der Waals surface area (Å²) in [5, 5.41) is 11.6. The Morgan fingerprint density at radius 1 is 1.00 bits per heavy atom. The first kappa shape index (κ1) is 16.8. The monoisotopic (exact) mass is 332 g/mol. The van der Waals surface area contributed by atoms with Crippen molar-refractivity contribution in [3.05, 3.63) is 59.9 Å². The molecule has 0 unspecified atom stereocenters. The number of benzene rings is 2. The minimum absolute atomic E-state index is 0. The van der Waals surface area contributed by atoms with E-state index >= 15 is 0 Å². The number of halogens is 1. The Hall–Kier alpha value is -2.60. The minimum Gasteiger partial charge on any atom is -1.00 e. The topological polar surface area (TPSA) is 63.9 Å². The van der Waals surface area contributed by atoms with Crippen molar-refractivity contribution in [2.24, 2.45) is 0 Å². The molecule has 0 fully saturated rings. The van der Waals surface area contributed by atoms with Crippen LogP contribution in [-0.4, -0.2) is 29.6 Å². The van der Waals surface area contributed by atoms with E-state index < -0.39 is 0 Å². The number of nitrogens with zero attached hydrogens (tertiary/aromatic N) is 3. The lowest BCUT2D eigenvalue weighted by Crippen LogP contribution is -3.00. The summed E-state index contributed by atoms with van der Waals surface area (Å²) < 4.78 is 10.5. The summed E-state index contributed by atoms with van der Waals surface area (Å²) in [6.45, 7) is 0. The summed E-state index contributed by atoms with van der Waals surface area (Å²) in [6, 6.07) is 15.6. The van der Waals surface area contributed by atoms with Crippen molar-refractivity contribution in [3.63, 3.8) is 0 Å². The highest BCUT2D eigenvalue weighted by atomic mass is 35.5. The Kier molecular flexibility index (Phi) is 5.54. The van der Waals surface area contributed by atoms with Gasteiger partial charge in [-0.1, -0.05) is 24.3 Å². The second-order valence-corrected chi connectivity index (χ2v) is 4.74. The van der Waals surface area contributed by atoms with E-state index in [1.54, 1.807) is 19.0 Å².